The van der Waals surface area contributed by atoms with Crippen LogP contribution in [0.5, 0.6) is 0 Å². The predicted molar refractivity (Wildman–Crippen MR) is 115 cm³/mol. The normalized spacial score (nSPS) is 25.2. The maximum Gasteiger partial charge on any atom is 0.227 e. The van der Waals surface area contributed by atoms with E-state index in [0.29, 0.717) is 18.0 Å². The molecule has 1 aromatic carbocycles. The lowest BCUT2D eigenvalue weighted by Gasteiger charge is -2.42. The van der Waals surface area contributed by atoms with Crippen LogP contribution in [-0.4, -0.2) is 72.5 Å². The molecule has 4 nitrogen and oxygen atoms in total. The minimum atomic E-state index is 0.194. The van der Waals surface area contributed by atoms with E-state index in [4.69, 9.17) is 0 Å². The van der Waals surface area contributed by atoms with Crippen molar-refractivity contribution in [2.24, 2.45) is 5.92 Å². The summed E-state index contributed by atoms with van der Waals surface area (Å²) in [5, 5.41) is 0. The van der Waals surface area contributed by atoms with E-state index in [1.807, 2.05) is 6.07 Å². The van der Waals surface area contributed by atoms with Crippen molar-refractivity contribution >= 4 is 12.0 Å². The number of benzene rings is 1. The zero-order valence-electron chi connectivity index (χ0n) is 17.3. The molecular formula is C24H35N3O. The van der Waals surface area contributed by atoms with Crippen LogP contribution in [0.2, 0.25) is 0 Å². The van der Waals surface area contributed by atoms with Crippen molar-refractivity contribution in [2.45, 2.75) is 50.6 Å². The van der Waals surface area contributed by atoms with Gasteiger partial charge in [-0.25, -0.2) is 0 Å². The fraction of sp³-hybridized carbons (Fsp3) is 0.625. The van der Waals surface area contributed by atoms with Crippen LogP contribution >= 0.6 is 0 Å². The van der Waals surface area contributed by atoms with Gasteiger partial charge in [0.2, 0.25) is 5.91 Å². The molecular weight excluding hydrogens is 346 g/mol. The molecule has 152 valence electrons. The quantitative estimate of drug-likeness (QED) is 0.755. The fourth-order valence-corrected chi connectivity index (χ4v) is 4.81. The van der Waals surface area contributed by atoms with Gasteiger partial charge in [-0.15, -0.1) is 0 Å². The molecule has 1 aromatic rings. The Labute approximate surface area is 170 Å². The maximum absolute atomic E-state index is 13.4. The molecule has 1 saturated carbocycles. The van der Waals surface area contributed by atoms with E-state index in [1.54, 1.807) is 0 Å². The lowest BCUT2D eigenvalue weighted by molar-refractivity contribution is -0.137. The van der Waals surface area contributed by atoms with Gasteiger partial charge < -0.3 is 9.80 Å². The van der Waals surface area contributed by atoms with Gasteiger partial charge in [-0.1, -0.05) is 42.5 Å². The minimum absolute atomic E-state index is 0.194. The van der Waals surface area contributed by atoms with Crippen LogP contribution in [0.25, 0.3) is 6.08 Å². The van der Waals surface area contributed by atoms with E-state index in [1.165, 1.54) is 57.3 Å². The van der Waals surface area contributed by atoms with Gasteiger partial charge in [-0.2, -0.15) is 0 Å². The number of amides is 1. The summed E-state index contributed by atoms with van der Waals surface area (Å²) in [5.74, 6) is 0.594. The van der Waals surface area contributed by atoms with Crippen LogP contribution in [0.15, 0.2) is 36.4 Å². The number of carbonyl (C=O) groups excluding carboxylic acids is 1. The maximum atomic E-state index is 13.4. The van der Waals surface area contributed by atoms with E-state index < -0.39 is 0 Å². The average molecular weight is 382 g/mol. The third kappa shape index (κ3) is 5.03. The Balaban J connectivity index is 1.35. The monoisotopic (exact) mass is 381 g/mol. The number of nitrogens with zero attached hydrogens (tertiary/aromatic N) is 3. The van der Waals surface area contributed by atoms with E-state index in [9.17, 15) is 4.79 Å². The highest BCUT2D eigenvalue weighted by molar-refractivity contribution is 5.80. The van der Waals surface area contributed by atoms with Gasteiger partial charge in [0, 0.05) is 25.2 Å². The number of hydrogen-bond donors (Lipinski definition) is 0. The van der Waals surface area contributed by atoms with Crippen molar-refractivity contribution in [3.05, 3.63) is 42.0 Å². The number of carbonyl (C=O) groups is 1. The van der Waals surface area contributed by atoms with Crippen molar-refractivity contribution in [3.63, 3.8) is 0 Å². The Morgan fingerprint density at radius 2 is 1.82 bits per heavy atom. The molecule has 28 heavy (non-hydrogen) atoms. The Bertz CT molecular complexity index is 662. The van der Waals surface area contributed by atoms with Crippen LogP contribution in [0.3, 0.4) is 0 Å². The molecule has 0 bridgehead atoms. The van der Waals surface area contributed by atoms with Gasteiger partial charge in [0.15, 0.2) is 0 Å². The van der Waals surface area contributed by atoms with Gasteiger partial charge in [-0.3, -0.25) is 9.69 Å². The topological polar surface area (TPSA) is 26.8 Å². The van der Waals surface area contributed by atoms with Crippen LogP contribution < -0.4 is 0 Å². The van der Waals surface area contributed by atoms with Gasteiger partial charge in [0.1, 0.15) is 0 Å². The first-order valence-electron chi connectivity index (χ1n) is 11.2. The summed E-state index contributed by atoms with van der Waals surface area (Å²) in [6.07, 6.45) is 11.4. The summed E-state index contributed by atoms with van der Waals surface area (Å²) in [6, 6.07) is 11.5. The molecule has 0 radical (unpaired) electrons. The van der Waals surface area contributed by atoms with Gasteiger partial charge >= 0.3 is 0 Å². The largest absolute Gasteiger partial charge is 0.336 e. The number of likely N-dealkylation sites (tertiary alicyclic amines) is 2. The van der Waals surface area contributed by atoms with E-state index in [2.05, 4.69) is 58.2 Å². The van der Waals surface area contributed by atoms with E-state index in [0.717, 1.165) is 19.5 Å². The predicted octanol–water partition coefficient (Wildman–Crippen LogP) is 3.50. The van der Waals surface area contributed by atoms with Gasteiger partial charge in [0.05, 0.1) is 5.92 Å². The first kappa shape index (κ1) is 19.7. The minimum Gasteiger partial charge on any atom is -0.336 e. The highest BCUT2D eigenvalue weighted by Gasteiger charge is 2.38. The molecule has 3 aliphatic rings. The molecule has 1 aliphatic carbocycles. The molecule has 4 heteroatoms. The van der Waals surface area contributed by atoms with Crippen LogP contribution in [0, 0.1) is 5.92 Å². The second kappa shape index (κ2) is 9.23. The van der Waals surface area contributed by atoms with Crippen molar-refractivity contribution < 1.29 is 4.79 Å². The van der Waals surface area contributed by atoms with Crippen LogP contribution in [-0.2, 0) is 4.79 Å². The summed E-state index contributed by atoms with van der Waals surface area (Å²) in [5.41, 5.74) is 1.21. The molecule has 1 amide bonds. The molecule has 2 heterocycles. The molecule has 0 spiro atoms. The molecule has 0 aromatic heterocycles. The number of piperidine rings is 2. The highest BCUT2D eigenvalue weighted by Crippen LogP contribution is 2.31. The van der Waals surface area contributed by atoms with Crippen molar-refractivity contribution in [2.75, 3.05) is 39.8 Å². The highest BCUT2D eigenvalue weighted by atomic mass is 16.2. The molecule has 2 saturated heterocycles. The standard InChI is InChI=1S/C24H35N3O/c1-25-17-13-22(14-18-25)26-15-6-10-21(19-26)24(28)27(23-11-12-23)16-5-9-20-7-3-2-4-8-20/h2-5,7-9,21-23H,6,10-19H2,1H3/b9-5+/t21-/m1/s1. The Morgan fingerprint density at radius 1 is 1.07 bits per heavy atom. The summed E-state index contributed by atoms with van der Waals surface area (Å²) < 4.78 is 0. The number of rotatable bonds is 6. The summed E-state index contributed by atoms with van der Waals surface area (Å²) >= 11 is 0. The Morgan fingerprint density at radius 3 is 2.54 bits per heavy atom. The molecule has 2 aliphatic heterocycles. The van der Waals surface area contributed by atoms with E-state index in [-0.39, 0.29) is 5.92 Å². The lowest BCUT2D eigenvalue weighted by Crippen LogP contribution is -2.51. The fourth-order valence-electron chi connectivity index (χ4n) is 4.81. The molecule has 3 fully saturated rings. The second-order valence-electron chi connectivity index (χ2n) is 8.90. The van der Waals surface area contributed by atoms with Crippen molar-refractivity contribution in [1.29, 1.82) is 0 Å². The van der Waals surface area contributed by atoms with Crippen LogP contribution in [0.1, 0.15) is 44.1 Å². The first-order valence-corrected chi connectivity index (χ1v) is 11.2. The summed E-state index contributed by atoms with van der Waals surface area (Å²) in [6.45, 7) is 5.29. The lowest BCUT2D eigenvalue weighted by atomic mass is 9.93. The molecule has 0 N–H and O–H groups in total. The zero-order chi connectivity index (χ0) is 19.3. The second-order valence-corrected chi connectivity index (χ2v) is 8.90. The molecule has 0 unspecified atom stereocenters. The van der Waals surface area contributed by atoms with Gasteiger partial charge in [0.25, 0.3) is 0 Å². The third-order valence-corrected chi connectivity index (χ3v) is 6.69. The molecule has 1 atom stereocenters. The summed E-state index contributed by atoms with van der Waals surface area (Å²) in [4.78, 5) is 20.6. The third-order valence-electron chi connectivity index (χ3n) is 6.69. The molecule has 4 rings (SSSR count). The van der Waals surface area contributed by atoms with E-state index >= 15 is 0 Å². The smallest absolute Gasteiger partial charge is 0.227 e. The van der Waals surface area contributed by atoms with Crippen molar-refractivity contribution in [1.82, 2.24) is 14.7 Å². The average Bonchev–Trinajstić information content (AvgIpc) is 3.57. The summed E-state index contributed by atoms with van der Waals surface area (Å²) in [7, 11) is 2.22. The number of hydrogen-bond acceptors (Lipinski definition) is 3. The van der Waals surface area contributed by atoms with Gasteiger partial charge in [-0.05, 0) is 70.8 Å². The SMILES string of the molecule is CN1CCC(N2CCC[C@@H](C(=O)N(C/C=C/c3ccccc3)C3CC3)C2)CC1. The Hall–Kier alpha value is -1.65. The van der Waals surface area contributed by atoms with Crippen LogP contribution in [0.4, 0.5) is 0 Å². The Kier molecular flexibility index (Phi) is 6.48. The van der Waals surface area contributed by atoms with Crippen molar-refractivity contribution in [3.8, 4) is 0 Å². The zero-order valence-corrected chi connectivity index (χ0v) is 17.3. The first-order chi connectivity index (χ1) is 13.7.